The minimum Gasteiger partial charge on any atom is -0.465 e. The Morgan fingerprint density at radius 1 is 1.17 bits per heavy atom. The van der Waals surface area contributed by atoms with Gasteiger partial charge in [-0.05, 0) is 42.2 Å². The standard InChI is InChI=1S/C21H20O3/c1-14-7-6-12-21(2,19(14)22)13-16-11-10-15-8-4-5-9-17(15)18(16)20(23)24-3/h4-12H,13H2,1-3H3. The fourth-order valence-electron chi connectivity index (χ4n) is 3.35. The molecular weight excluding hydrogens is 300 g/mol. The van der Waals surface area contributed by atoms with Crippen molar-refractivity contribution in [2.75, 3.05) is 7.11 Å². The number of ketones is 1. The maximum atomic E-state index is 12.6. The molecule has 1 aliphatic carbocycles. The Morgan fingerprint density at radius 2 is 1.92 bits per heavy atom. The molecule has 0 aliphatic heterocycles. The predicted octanol–water partition coefficient (Wildman–Crippen LogP) is 4.26. The molecule has 0 saturated heterocycles. The summed E-state index contributed by atoms with van der Waals surface area (Å²) in [5, 5.41) is 1.83. The normalized spacial score (nSPS) is 20.1. The molecule has 0 amide bonds. The number of allylic oxidation sites excluding steroid dienone is 4. The summed E-state index contributed by atoms with van der Waals surface area (Å²) < 4.78 is 5.00. The lowest BCUT2D eigenvalue weighted by Gasteiger charge is -2.28. The SMILES string of the molecule is COC(=O)c1c(CC2(C)C=CC=C(C)C2=O)ccc2ccccc12. The van der Waals surface area contributed by atoms with E-state index < -0.39 is 5.41 Å². The molecule has 0 N–H and O–H groups in total. The van der Waals surface area contributed by atoms with E-state index in [4.69, 9.17) is 4.74 Å². The van der Waals surface area contributed by atoms with E-state index in [2.05, 4.69) is 0 Å². The predicted molar refractivity (Wildman–Crippen MR) is 95.0 cm³/mol. The number of rotatable bonds is 3. The van der Waals surface area contributed by atoms with E-state index in [0.29, 0.717) is 12.0 Å². The van der Waals surface area contributed by atoms with Crippen molar-refractivity contribution in [3.8, 4) is 0 Å². The molecule has 0 radical (unpaired) electrons. The number of fused-ring (bicyclic) bond motifs is 1. The Labute approximate surface area is 141 Å². The highest BCUT2D eigenvalue weighted by Gasteiger charge is 2.34. The highest BCUT2D eigenvalue weighted by molar-refractivity contribution is 6.07. The molecule has 1 unspecified atom stereocenters. The number of hydrogen-bond acceptors (Lipinski definition) is 3. The van der Waals surface area contributed by atoms with Crippen molar-refractivity contribution in [1.29, 1.82) is 0 Å². The Kier molecular flexibility index (Phi) is 4.10. The third kappa shape index (κ3) is 2.67. The zero-order valence-corrected chi connectivity index (χ0v) is 14.1. The second-order valence-corrected chi connectivity index (χ2v) is 6.44. The smallest absolute Gasteiger partial charge is 0.338 e. The summed E-state index contributed by atoms with van der Waals surface area (Å²) in [4.78, 5) is 25.0. The quantitative estimate of drug-likeness (QED) is 0.794. The molecule has 0 fully saturated rings. The second-order valence-electron chi connectivity index (χ2n) is 6.44. The molecule has 3 heteroatoms. The van der Waals surface area contributed by atoms with E-state index in [1.165, 1.54) is 7.11 Å². The summed E-state index contributed by atoms with van der Waals surface area (Å²) in [5.41, 5.74) is 1.46. The van der Waals surface area contributed by atoms with Crippen LogP contribution in [-0.4, -0.2) is 18.9 Å². The fourth-order valence-corrected chi connectivity index (χ4v) is 3.35. The van der Waals surface area contributed by atoms with E-state index in [1.807, 2.05) is 68.5 Å². The minimum absolute atomic E-state index is 0.0916. The molecule has 1 aliphatic rings. The molecule has 2 aromatic carbocycles. The van der Waals surface area contributed by atoms with Crippen molar-refractivity contribution >= 4 is 22.5 Å². The first-order valence-electron chi connectivity index (χ1n) is 7.96. The summed E-state index contributed by atoms with van der Waals surface area (Å²) in [7, 11) is 1.38. The zero-order chi connectivity index (χ0) is 17.3. The first-order valence-corrected chi connectivity index (χ1v) is 7.96. The first-order chi connectivity index (χ1) is 11.5. The molecule has 0 spiro atoms. The molecule has 122 valence electrons. The van der Waals surface area contributed by atoms with Crippen LogP contribution in [0.25, 0.3) is 10.8 Å². The van der Waals surface area contributed by atoms with E-state index >= 15 is 0 Å². The number of ether oxygens (including phenoxy) is 1. The lowest BCUT2D eigenvalue weighted by atomic mass is 9.74. The molecule has 0 heterocycles. The first kappa shape index (κ1) is 16.2. The maximum Gasteiger partial charge on any atom is 0.338 e. The van der Waals surface area contributed by atoms with Crippen molar-refractivity contribution in [1.82, 2.24) is 0 Å². The van der Waals surface area contributed by atoms with Crippen LogP contribution >= 0.6 is 0 Å². The average Bonchev–Trinajstić information content (AvgIpc) is 2.59. The van der Waals surface area contributed by atoms with Crippen LogP contribution in [0.4, 0.5) is 0 Å². The number of methoxy groups -OCH3 is 1. The Balaban J connectivity index is 2.13. The summed E-state index contributed by atoms with van der Waals surface area (Å²) in [6.45, 7) is 3.74. The second kappa shape index (κ2) is 6.08. The van der Waals surface area contributed by atoms with Gasteiger partial charge in [0, 0.05) is 0 Å². The van der Waals surface area contributed by atoms with Gasteiger partial charge in [-0.3, -0.25) is 4.79 Å². The zero-order valence-electron chi connectivity index (χ0n) is 14.1. The Hall–Kier alpha value is -2.68. The average molecular weight is 320 g/mol. The molecular formula is C21H20O3. The van der Waals surface area contributed by atoms with Gasteiger partial charge >= 0.3 is 5.97 Å². The summed E-state index contributed by atoms with van der Waals surface area (Å²) in [5.74, 6) is -0.279. The van der Waals surface area contributed by atoms with Gasteiger partial charge in [-0.15, -0.1) is 0 Å². The van der Waals surface area contributed by atoms with Gasteiger partial charge in [-0.2, -0.15) is 0 Å². The lowest BCUT2D eigenvalue weighted by molar-refractivity contribution is -0.121. The Bertz CT molecular complexity index is 889. The van der Waals surface area contributed by atoms with E-state index in [0.717, 1.165) is 21.9 Å². The van der Waals surface area contributed by atoms with Crippen molar-refractivity contribution in [2.24, 2.45) is 5.41 Å². The monoisotopic (exact) mass is 320 g/mol. The van der Waals surface area contributed by atoms with E-state index in [9.17, 15) is 9.59 Å². The van der Waals surface area contributed by atoms with Gasteiger partial charge in [0.1, 0.15) is 0 Å². The molecule has 0 saturated carbocycles. The number of Topliss-reactive ketones (excluding diaryl/α,β-unsaturated/α-hetero) is 1. The highest BCUT2D eigenvalue weighted by Crippen LogP contribution is 2.34. The van der Waals surface area contributed by atoms with Gasteiger partial charge in [0.25, 0.3) is 0 Å². The number of carbonyl (C=O) groups is 2. The van der Waals surface area contributed by atoms with Gasteiger partial charge in [0.2, 0.25) is 0 Å². The maximum absolute atomic E-state index is 12.6. The molecule has 0 bridgehead atoms. The molecule has 2 aromatic rings. The van der Waals surface area contributed by atoms with Crippen LogP contribution in [0.3, 0.4) is 0 Å². The Morgan fingerprint density at radius 3 is 2.67 bits per heavy atom. The summed E-state index contributed by atoms with van der Waals surface area (Å²) in [6, 6.07) is 11.6. The van der Waals surface area contributed by atoms with Crippen molar-refractivity contribution in [3.63, 3.8) is 0 Å². The van der Waals surface area contributed by atoms with Crippen molar-refractivity contribution in [2.45, 2.75) is 20.3 Å². The number of esters is 1. The minimum atomic E-state index is -0.649. The van der Waals surface area contributed by atoms with Crippen LogP contribution in [0.5, 0.6) is 0 Å². The summed E-state index contributed by atoms with van der Waals surface area (Å²) >= 11 is 0. The van der Waals surface area contributed by atoms with E-state index in [1.54, 1.807) is 0 Å². The molecule has 24 heavy (non-hydrogen) atoms. The van der Waals surface area contributed by atoms with Gasteiger partial charge in [0.15, 0.2) is 5.78 Å². The van der Waals surface area contributed by atoms with E-state index in [-0.39, 0.29) is 11.8 Å². The number of carbonyl (C=O) groups excluding carboxylic acids is 2. The van der Waals surface area contributed by atoms with Crippen LogP contribution in [0.15, 0.2) is 60.2 Å². The lowest BCUT2D eigenvalue weighted by Crippen LogP contribution is -2.31. The molecule has 0 aromatic heterocycles. The fraction of sp³-hybridized carbons (Fsp3) is 0.238. The van der Waals surface area contributed by atoms with Crippen molar-refractivity contribution in [3.05, 3.63) is 71.3 Å². The number of hydrogen-bond donors (Lipinski definition) is 0. The van der Waals surface area contributed by atoms with Gasteiger partial charge in [-0.1, -0.05) is 54.6 Å². The van der Waals surface area contributed by atoms with Crippen LogP contribution in [-0.2, 0) is 16.0 Å². The van der Waals surface area contributed by atoms with Crippen molar-refractivity contribution < 1.29 is 14.3 Å². The third-order valence-electron chi connectivity index (χ3n) is 4.65. The van der Waals surface area contributed by atoms with Gasteiger partial charge in [-0.25, -0.2) is 4.79 Å². The largest absolute Gasteiger partial charge is 0.465 e. The van der Waals surface area contributed by atoms with Crippen LogP contribution in [0, 0.1) is 5.41 Å². The molecule has 1 atom stereocenters. The molecule has 3 rings (SSSR count). The topological polar surface area (TPSA) is 43.4 Å². The van der Waals surface area contributed by atoms with Crippen LogP contribution in [0.2, 0.25) is 0 Å². The summed E-state index contributed by atoms with van der Waals surface area (Å²) in [6.07, 6.45) is 6.11. The van der Waals surface area contributed by atoms with Crippen LogP contribution in [0.1, 0.15) is 29.8 Å². The van der Waals surface area contributed by atoms with Gasteiger partial charge < -0.3 is 4.74 Å². The molecule has 3 nitrogen and oxygen atoms in total. The third-order valence-corrected chi connectivity index (χ3v) is 4.65. The highest BCUT2D eigenvalue weighted by atomic mass is 16.5. The van der Waals surface area contributed by atoms with Gasteiger partial charge in [0.05, 0.1) is 18.1 Å². The number of benzene rings is 2. The van der Waals surface area contributed by atoms with Crippen LogP contribution < -0.4 is 0 Å².